The topological polar surface area (TPSA) is 76.4 Å². The number of benzene rings is 1. The van der Waals surface area contributed by atoms with Crippen molar-refractivity contribution in [3.63, 3.8) is 0 Å². The van der Waals surface area contributed by atoms with E-state index in [0.29, 0.717) is 15.7 Å². The zero-order valence-electron chi connectivity index (χ0n) is 11.2. The summed E-state index contributed by atoms with van der Waals surface area (Å²) in [6.07, 6.45) is 0. The Hall–Kier alpha value is -1.64. The first kappa shape index (κ1) is 14.3. The Morgan fingerprint density at radius 2 is 2.10 bits per heavy atom. The van der Waals surface area contributed by atoms with Gasteiger partial charge in [-0.15, -0.1) is 16.4 Å². The Morgan fingerprint density at radius 1 is 1.33 bits per heavy atom. The van der Waals surface area contributed by atoms with Crippen LogP contribution in [0.4, 0.5) is 5.69 Å². The van der Waals surface area contributed by atoms with Crippen molar-refractivity contribution in [2.75, 3.05) is 4.72 Å². The second-order valence-electron chi connectivity index (χ2n) is 4.50. The highest BCUT2D eigenvalue weighted by Crippen LogP contribution is 2.27. The molecule has 21 heavy (non-hydrogen) atoms. The number of aryl methyl sites for hydroxylation is 2. The van der Waals surface area contributed by atoms with E-state index in [0.717, 1.165) is 11.3 Å². The molecule has 0 aliphatic rings. The summed E-state index contributed by atoms with van der Waals surface area (Å²) in [7, 11) is -3.88. The van der Waals surface area contributed by atoms with Crippen LogP contribution in [0.2, 0.25) is 5.02 Å². The molecule has 2 aromatic heterocycles. The molecular formula is C12H11ClN4O2S2. The molecule has 1 N–H and O–H groups in total. The molecule has 0 fully saturated rings. The van der Waals surface area contributed by atoms with E-state index >= 15 is 0 Å². The normalized spacial score (nSPS) is 12.0. The van der Waals surface area contributed by atoms with Gasteiger partial charge in [-0.2, -0.15) is 13.4 Å². The first-order valence-electron chi connectivity index (χ1n) is 5.97. The molecule has 0 unspecified atom stereocenters. The second kappa shape index (κ2) is 4.97. The molecule has 0 radical (unpaired) electrons. The lowest BCUT2D eigenvalue weighted by molar-refractivity contribution is 0.592. The molecule has 3 aromatic rings. The van der Waals surface area contributed by atoms with Crippen molar-refractivity contribution in [1.29, 1.82) is 0 Å². The standard InChI is InChI=1S/C12H11ClN4O2S2/c1-7-4-3-5-9(13)10(7)16-21(18,19)11-14-12-17(15-11)8(2)6-20-12/h3-6,16H,1-2H3. The summed E-state index contributed by atoms with van der Waals surface area (Å²) in [5, 5.41) is 5.94. The van der Waals surface area contributed by atoms with E-state index in [1.54, 1.807) is 25.1 Å². The number of nitrogens with one attached hydrogen (secondary N) is 1. The molecule has 6 nitrogen and oxygen atoms in total. The summed E-state index contributed by atoms with van der Waals surface area (Å²) in [5.74, 6) is 0. The van der Waals surface area contributed by atoms with Crippen LogP contribution in [0.5, 0.6) is 0 Å². The Bertz CT molecular complexity index is 910. The fraction of sp³-hybridized carbons (Fsp3) is 0.167. The summed E-state index contributed by atoms with van der Waals surface area (Å²) in [6.45, 7) is 3.60. The summed E-state index contributed by atoms with van der Waals surface area (Å²) in [4.78, 5) is 4.57. The lowest BCUT2D eigenvalue weighted by Crippen LogP contribution is -2.16. The van der Waals surface area contributed by atoms with E-state index in [9.17, 15) is 8.42 Å². The third-order valence-electron chi connectivity index (χ3n) is 2.93. The van der Waals surface area contributed by atoms with E-state index in [2.05, 4.69) is 14.8 Å². The Balaban J connectivity index is 2.04. The molecule has 0 aliphatic carbocycles. The molecule has 0 saturated carbocycles. The van der Waals surface area contributed by atoms with Gasteiger partial charge in [0.1, 0.15) is 0 Å². The van der Waals surface area contributed by atoms with Crippen LogP contribution in [-0.2, 0) is 10.0 Å². The number of halogens is 1. The number of hydrogen-bond donors (Lipinski definition) is 1. The van der Waals surface area contributed by atoms with Crippen LogP contribution in [-0.4, -0.2) is 23.0 Å². The summed E-state index contributed by atoms with van der Waals surface area (Å²) < 4.78 is 28.7. The van der Waals surface area contributed by atoms with Crippen LogP contribution < -0.4 is 4.72 Å². The lowest BCUT2D eigenvalue weighted by atomic mass is 10.2. The monoisotopic (exact) mass is 342 g/mol. The highest BCUT2D eigenvalue weighted by atomic mass is 35.5. The first-order valence-corrected chi connectivity index (χ1v) is 8.71. The number of thiazole rings is 1. The molecule has 0 saturated heterocycles. The van der Waals surface area contributed by atoms with E-state index < -0.39 is 10.0 Å². The van der Waals surface area contributed by atoms with Gasteiger partial charge in [0.15, 0.2) is 0 Å². The van der Waals surface area contributed by atoms with Crippen molar-refractivity contribution >= 4 is 43.6 Å². The van der Waals surface area contributed by atoms with Gasteiger partial charge in [0.05, 0.1) is 16.4 Å². The average Bonchev–Trinajstić information content (AvgIpc) is 2.98. The minimum atomic E-state index is -3.88. The van der Waals surface area contributed by atoms with Crippen LogP contribution in [0.1, 0.15) is 11.3 Å². The van der Waals surface area contributed by atoms with Gasteiger partial charge >= 0.3 is 0 Å². The van der Waals surface area contributed by atoms with Gasteiger partial charge in [-0.25, -0.2) is 4.52 Å². The summed E-state index contributed by atoms with van der Waals surface area (Å²) in [6, 6.07) is 5.15. The number of aromatic nitrogens is 3. The van der Waals surface area contributed by atoms with Crippen molar-refractivity contribution in [2.24, 2.45) is 0 Å². The molecule has 0 atom stereocenters. The van der Waals surface area contributed by atoms with E-state index in [1.807, 2.05) is 12.3 Å². The quantitative estimate of drug-likeness (QED) is 0.794. The van der Waals surface area contributed by atoms with Gasteiger partial charge in [-0.1, -0.05) is 23.7 Å². The van der Waals surface area contributed by atoms with Crippen molar-refractivity contribution in [2.45, 2.75) is 19.0 Å². The van der Waals surface area contributed by atoms with Crippen molar-refractivity contribution in [1.82, 2.24) is 14.6 Å². The molecular weight excluding hydrogens is 332 g/mol. The minimum absolute atomic E-state index is 0.267. The van der Waals surface area contributed by atoms with Crippen LogP contribution >= 0.6 is 22.9 Å². The van der Waals surface area contributed by atoms with Gasteiger partial charge in [0, 0.05) is 5.38 Å². The highest BCUT2D eigenvalue weighted by molar-refractivity contribution is 7.92. The number of nitrogens with zero attached hydrogens (tertiary/aromatic N) is 3. The predicted octanol–water partition coefficient (Wildman–Crippen LogP) is 2.86. The van der Waals surface area contributed by atoms with Crippen molar-refractivity contribution in [3.05, 3.63) is 39.9 Å². The number of hydrogen-bond acceptors (Lipinski definition) is 5. The maximum atomic E-state index is 12.4. The minimum Gasteiger partial charge on any atom is -0.275 e. The fourth-order valence-corrected chi connectivity index (χ4v) is 4.04. The number of para-hydroxylation sites is 1. The van der Waals surface area contributed by atoms with Gasteiger partial charge in [0.25, 0.3) is 15.2 Å². The largest absolute Gasteiger partial charge is 0.299 e. The van der Waals surface area contributed by atoms with Crippen molar-refractivity contribution in [3.8, 4) is 0 Å². The molecule has 2 heterocycles. The molecule has 0 amide bonds. The smallest absolute Gasteiger partial charge is 0.275 e. The first-order chi connectivity index (χ1) is 9.88. The molecule has 0 spiro atoms. The van der Waals surface area contributed by atoms with E-state index in [4.69, 9.17) is 11.6 Å². The van der Waals surface area contributed by atoms with Crippen LogP contribution in [0.15, 0.2) is 28.7 Å². The molecule has 0 bridgehead atoms. The molecule has 3 rings (SSSR count). The summed E-state index contributed by atoms with van der Waals surface area (Å²) in [5.41, 5.74) is 1.90. The summed E-state index contributed by atoms with van der Waals surface area (Å²) >= 11 is 7.37. The molecule has 1 aromatic carbocycles. The number of fused-ring (bicyclic) bond motifs is 1. The Kier molecular flexibility index (Phi) is 3.39. The number of sulfonamides is 1. The zero-order valence-corrected chi connectivity index (χ0v) is 13.6. The van der Waals surface area contributed by atoms with E-state index in [-0.39, 0.29) is 5.16 Å². The maximum Gasteiger partial charge on any atom is 0.299 e. The third kappa shape index (κ3) is 2.50. The third-order valence-corrected chi connectivity index (χ3v) is 5.30. The Labute approximate surface area is 130 Å². The molecule has 9 heteroatoms. The molecule has 110 valence electrons. The van der Waals surface area contributed by atoms with Gasteiger partial charge < -0.3 is 0 Å². The zero-order chi connectivity index (χ0) is 15.2. The fourth-order valence-electron chi connectivity index (χ4n) is 1.83. The van der Waals surface area contributed by atoms with Crippen LogP contribution in [0.25, 0.3) is 4.96 Å². The number of rotatable bonds is 3. The van der Waals surface area contributed by atoms with Crippen molar-refractivity contribution < 1.29 is 8.42 Å². The van der Waals surface area contributed by atoms with Crippen LogP contribution in [0.3, 0.4) is 0 Å². The lowest BCUT2D eigenvalue weighted by Gasteiger charge is -2.09. The maximum absolute atomic E-state index is 12.4. The van der Waals surface area contributed by atoms with Gasteiger partial charge in [-0.05, 0) is 25.5 Å². The molecule has 0 aliphatic heterocycles. The number of anilines is 1. The van der Waals surface area contributed by atoms with Gasteiger partial charge in [0.2, 0.25) is 4.96 Å². The van der Waals surface area contributed by atoms with E-state index in [1.165, 1.54) is 15.9 Å². The second-order valence-corrected chi connectivity index (χ2v) is 7.32. The van der Waals surface area contributed by atoms with Gasteiger partial charge in [-0.3, -0.25) is 4.72 Å². The highest BCUT2D eigenvalue weighted by Gasteiger charge is 2.23. The predicted molar refractivity (Wildman–Crippen MR) is 82.6 cm³/mol. The SMILES string of the molecule is Cc1cccc(Cl)c1NS(=O)(=O)c1nc2scc(C)n2n1. The Morgan fingerprint density at radius 3 is 2.76 bits per heavy atom. The average molecular weight is 343 g/mol. The van der Waals surface area contributed by atoms with Crippen LogP contribution in [0, 0.1) is 13.8 Å².